The predicted octanol–water partition coefficient (Wildman–Crippen LogP) is 1.56. The summed E-state index contributed by atoms with van der Waals surface area (Å²) < 4.78 is 1.67. The molecule has 0 aliphatic carbocycles. The standard InChI is InChI=1S/C21H24N6O2/c22-20(29)17-7-3-9-23-21(17)26-10-4-5-15(12-26)11-24-19(28)14-27-13-16-6-1-2-8-18(16)25-27/h1-3,6-9,13,15H,4-5,10-12,14H2,(H2,22,29)(H,24,28). The van der Waals surface area contributed by atoms with Gasteiger partial charge in [-0.25, -0.2) is 4.98 Å². The number of nitrogens with one attached hydrogen (secondary N) is 1. The summed E-state index contributed by atoms with van der Waals surface area (Å²) in [5.41, 5.74) is 6.80. The van der Waals surface area contributed by atoms with Crippen molar-refractivity contribution in [2.75, 3.05) is 24.5 Å². The Balaban J connectivity index is 1.34. The van der Waals surface area contributed by atoms with E-state index in [1.54, 1.807) is 23.0 Å². The van der Waals surface area contributed by atoms with Crippen LogP contribution in [0.5, 0.6) is 0 Å². The minimum absolute atomic E-state index is 0.0643. The molecule has 3 heterocycles. The van der Waals surface area contributed by atoms with Gasteiger partial charge in [-0.1, -0.05) is 18.2 Å². The van der Waals surface area contributed by atoms with E-state index in [-0.39, 0.29) is 18.4 Å². The van der Waals surface area contributed by atoms with Crippen LogP contribution < -0.4 is 16.0 Å². The third kappa shape index (κ3) is 4.37. The number of rotatable bonds is 6. The van der Waals surface area contributed by atoms with Gasteiger partial charge in [0.1, 0.15) is 12.4 Å². The second-order valence-corrected chi connectivity index (χ2v) is 7.38. The van der Waals surface area contributed by atoms with Gasteiger partial charge in [-0.15, -0.1) is 0 Å². The molecular formula is C21H24N6O2. The summed E-state index contributed by atoms with van der Waals surface area (Å²) in [7, 11) is 0. The van der Waals surface area contributed by atoms with Gasteiger partial charge >= 0.3 is 0 Å². The monoisotopic (exact) mass is 392 g/mol. The smallest absolute Gasteiger partial charge is 0.252 e. The highest BCUT2D eigenvalue weighted by Gasteiger charge is 2.24. The first-order valence-electron chi connectivity index (χ1n) is 9.79. The highest BCUT2D eigenvalue weighted by molar-refractivity contribution is 5.97. The third-order valence-corrected chi connectivity index (χ3v) is 5.23. The number of carbonyl (C=O) groups excluding carboxylic acids is 2. The van der Waals surface area contributed by atoms with Crippen molar-refractivity contribution in [2.24, 2.45) is 11.7 Å². The van der Waals surface area contributed by atoms with E-state index < -0.39 is 5.91 Å². The van der Waals surface area contributed by atoms with Gasteiger partial charge in [0.05, 0.1) is 11.1 Å². The molecule has 3 aromatic rings. The highest BCUT2D eigenvalue weighted by atomic mass is 16.2. The topological polar surface area (TPSA) is 106 Å². The Kier molecular flexibility index (Phi) is 5.41. The van der Waals surface area contributed by atoms with E-state index in [9.17, 15) is 9.59 Å². The fourth-order valence-electron chi connectivity index (χ4n) is 3.82. The molecule has 8 nitrogen and oxygen atoms in total. The number of amides is 2. The molecule has 1 fully saturated rings. The average molecular weight is 392 g/mol. The van der Waals surface area contributed by atoms with Crippen LogP contribution in [0.25, 0.3) is 10.9 Å². The van der Waals surface area contributed by atoms with Crippen LogP contribution in [0.1, 0.15) is 23.2 Å². The van der Waals surface area contributed by atoms with Gasteiger partial charge in [0.2, 0.25) is 5.91 Å². The molecule has 1 saturated heterocycles. The van der Waals surface area contributed by atoms with Crippen molar-refractivity contribution in [3.63, 3.8) is 0 Å². The lowest BCUT2D eigenvalue weighted by atomic mass is 9.97. The summed E-state index contributed by atoms with van der Waals surface area (Å²) in [5, 5.41) is 8.45. The van der Waals surface area contributed by atoms with E-state index in [2.05, 4.69) is 20.3 Å². The van der Waals surface area contributed by atoms with Gasteiger partial charge in [0.25, 0.3) is 5.91 Å². The fourth-order valence-corrected chi connectivity index (χ4v) is 3.82. The molecular weight excluding hydrogens is 368 g/mol. The molecule has 0 spiro atoms. The molecule has 1 atom stereocenters. The maximum atomic E-state index is 12.4. The molecule has 2 amide bonds. The van der Waals surface area contributed by atoms with E-state index in [0.717, 1.165) is 36.8 Å². The van der Waals surface area contributed by atoms with Gasteiger partial charge in [-0.2, -0.15) is 5.10 Å². The first kappa shape index (κ1) is 18.9. The van der Waals surface area contributed by atoms with Crippen LogP contribution in [0, 0.1) is 5.92 Å². The van der Waals surface area contributed by atoms with Crippen molar-refractivity contribution in [2.45, 2.75) is 19.4 Å². The number of hydrogen-bond donors (Lipinski definition) is 2. The van der Waals surface area contributed by atoms with Crippen LogP contribution in [-0.4, -0.2) is 46.2 Å². The zero-order valence-corrected chi connectivity index (χ0v) is 16.1. The molecule has 1 aliphatic rings. The Bertz CT molecular complexity index is 998. The van der Waals surface area contributed by atoms with Crippen LogP contribution in [0.15, 0.2) is 48.8 Å². The normalized spacial score (nSPS) is 16.7. The lowest BCUT2D eigenvalue weighted by molar-refractivity contribution is -0.122. The SMILES string of the molecule is NC(=O)c1cccnc1N1CCCC(CNC(=O)Cn2cc3ccccc3n2)C1. The van der Waals surface area contributed by atoms with Crippen LogP contribution >= 0.6 is 0 Å². The lowest BCUT2D eigenvalue weighted by Gasteiger charge is -2.34. The molecule has 0 radical (unpaired) electrons. The summed E-state index contributed by atoms with van der Waals surface area (Å²) in [6.07, 6.45) is 5.53. The number of piperidine rings is 1. The lowest BCUT2D eigenvalue weighted by Crippen LogP contribution is -2.42. The van der Waals surface area contributed by atoms with Crippen LogP contribution in [0.2, 0.25) is 0 Å². The van der Waals surface area contributed by atoms with Gasteiger partial charge in [0, 0.05) is 37.4 Å². The molecule has 2 aromatic heterocycles. The number of carbonyl (C=O) groups is 2. The van der Waals surface area contributed by atoms with Crippen molar-refractivity contribution in [3.8, 4) is 0 Å². The largest absolute Gasteiger partial charge is 0.365 e. The predicted molar refractivity (Wildman–Crippen MR) is 110 cm³/mol. The number of primary amides is 1. The molecule has 4 rings (SSSR count). The number of benzene rings is 1. The molecule has 1 aliphatic heterocycles. The first-order chi connectivity index (χ1) is 14.1. The molecule has 0 bridgehead atoms. The fraction of sp³-hybridized carbons (Fsp3) is 0.333. The summed E-state index contributed by atoms with van der Waals surface area (Å²) in [5.74, 6) is 0.368. The van der Waals surface area contributed by atoms with E-state index in [1.807, 2.05) is 30.5 Å². The molecule has 150 valence electrons. The van der Waals surface area contributed by atoms with Gasteiger partial charge < -0.3 is 16.0 Å². The average Bonchev–Trinajstić information content (AvgIpc) is 3.14. The number of nitrogens with two attached hydrogens (primary N) is 1. The van der Waals surface area contributed by atoms with Crippen LogP contribution in [-0.2, 0) is 11.3 Å². The second kappa shape index (κ2) is 8.30. The van der Waals surface area contributed by atoms with Crippen LogP contribution in [0.4, 0.5) is 5.82 Å². The minimum Gasteiger partial charge on any atom is -0.365 e. The maximum Gasteiger partial charge on any atom is 0.252 e. The molecule has 3 N–H and O–H groups in total. The van der Waals surface area contributed by atoms with E-state index in [1.165, 1.54) is 0 Å². The number of anilines is 1. The second-order valence-electron chi connectivity index (χ2n) is 7.38. The number of hydrogen-bond acceptors (Lipinski definition) is 5. The van der Waals surface area contributed by atoms with E-state index in [0.29, 0.717) is 17.9 Å². The Hall–Kier alpha value is -3.42. The van der Waals surface area contributed by atoms with Gasteiger partial charge in [-0.3, -0.25) is 14.3 Å². The quantitative estimate of drug-likeness (QED) is 0.662. The van der Waals surface area contributed by atoms with Crippen molar-refractivity contribution in [3.05, 3.63) is 54.4 Å². The summed E-state index contributed by atoms with van der Waals surface area (Å²) in [6, 6.07) is 11.2. The molecule has 29 heavy (non-hydrogen) atoms. The van der Waals surface area contributed by atoms with Crippen LogP contribution in [0.3, 0.4) is 0 Å². The Morgan fingerprint density at radius 1 is 1.21 bits per heavy atom. The summed E-state index contributed by atoms with van der Waals surface area (Å²) in [4.78, 5) is 30.5. The molecule has 0 saturated carbocycles. The Morgan fingerprint density at radius 2 is 2.07 bits per heavy atom. The molecule has 1 aromatic carbocycles. The zero-order valence-electron chi connectivity index (χ0n) is 16.1. The Morgan fingerprint density at radius 3 is 2.90 bits per heavy atom. The van der Waals surface area contributed by atoms with E-state index >= 15 is 0 Å². The van der Waals surface area contributed by atoms with Gasteiger partial charge in [-0.05, 0) is 37.0 Å². The minimum atomic E-state index is -0.477. The molecule has 8 heteroatoms. The summed E-state index contributed by atoms with van der Waals surface area (Å²) in [6.45, 7) is 2.32. The maximum absolute atomic E-state index is 12.4. The van der Waals surface area contributed by atoms with Crippen molar-refractivity contribution in [1.82, 2.24) is 20.1 Å². The van der Waals surface area contributed by atoms with Crippen molar-refractivity contribution >= 4 is 28.5 Å². The first-order valence-corrected chi connectivity index (χ1v) is 9.79. The number of nitrogens with zero attached hydrogens (tertiary/aromatic N) is 4. The number of fused-ring (bicyclic) bond motifs is 1. The number of aromatic nitrogens is 3. The number of pyridine rings is 1. The Labute approximate surface area is 168 Å². The highest BCUT2D eigenvalue weighted by Crippen LogP contribution is 2.24. The van der Waals surface area contributed by atoms with E-state index in [4.69, 9.17) is 5.73 Å². The van der Waals surface area contributed by atoms with Crippen molar-refractivity contribution in [1.29, 1.82) is 0 Å². The van der Waals surface area contributed by atoms with Gasteiger partial charge in [0.15, 0.2) is 0 Å². The summed E-state index contributed by atoms with van der Waals surface area (Å²) >= 11 is 0. The zero-order chi connectivity index (χ0) is 20.2. The molecule has 1 unspecified atom stereocenters. The third-order valence-electron chi connectivity index (χ3n) is 5.23. The van der Waals surface area contributed by atoms with Crippen molar-refractivity contribution < 1.29 is 9.59 Å².